The summed E-state index contributed by atoms with van der Waals surface area (Å²) in [5.74, 6) is 1.07. The third-order valence-electron chi connectivity index (χ3n) is 4.55. The maximum atomic E-state index is 12.7. The summed E-state index contributed by atoms with van der Waals surface area (Å²) in [6, 6.07) is 13.1. The highest BCUT2D eigenvalue weighted by Gasteiger charge is 2.22. The van der Waals surface area contributed by atoms with Crippen LogP contribution >= 0.6 is 0 Å². The second-order valence-electron chi connectivity index (χ2n) is 7.43. The molecule has 0 aliphatic rings. The zero-order chi connectivity index (χ0) is 21.6. The lowest BCUT2D eigenvalue weighted by Gasteiger charge is -2.23. The van der Waals surface area contributed by atoms with Crippen molar-refractivity contribution in [1.29, 1.82) is 0 Å². The lowest BCUT2D eigenvalue weighted by atomic mass is 10.0. The summed E-state index contributed by atoms with van der Waals surface area (Å²) in [7, 11) is 3.15. The predicted molar refractivity (Wildman–Crippen MR) is 115 cm³/mol. The van der Waals surface area contributed by atoms with E-state index < -0.39 is 6.10 Å². The molecule has 0 aromatic heterocycles. The minimum atomic E-state index is -0.705. The Hall–Kier alpha value is -3.02. The maximum absolute atomic E-state index is 12.7. The van der Waals surface area contributed by atoms with Crippen molar-refractivity contribution in [1.82, 2.24) is 4.90 Å². The molecule has 29 heavy (non-hydrogen) atoms. The van der Waals surface area contributed by atoms with Crippen molar-refractivity contribution in [3.63, 3.8) is 0 Å². The molecule has 2 amide bonds. The lowest BCUT2D eigenvalue weighted by molar-refractivity contribution is -0.139. The standard InChI is InChI=1S/C23H30N2O4/c1-15(2)20-11-10-16(3)12-21(20)29-17(4)23(27)25(5)14-22(26)24-18-8-7-9-19(13-18)28-6/h7-13,15,17H,14H2,1-6H3,(H,24,26). The quantitative estimate of drug-likeness (QED) is 0.730. The zero-order valence-electron chi connectivity index (χ0n) is 18.0. The minimum absolute atomic E-state index is 0.0748. The van der Waals surface area contributed by atoms with E-state index in [1.54, 1.807) is 45.3 Å². The zero-order valence-corrected chi connectivity index (χ0v) is 18.0. The van der Waals surface area contributed by atoms with E-state index in [4.69, 9.17) is 9.47 Å². The molecule has 2 aromatic carbocycles. The van der Waals surface area contributed by atoms with Gasteiger partial charge in [0, 0.05) is 18.8 Å². The Kier molecular flexibility index (Phi) is 7.65. The van der Waals surface area contributed by atoms with E-state index in [2.05, 4.69) is 19.2 Å². The van der Waals surface area contributed by atoms with Crippen LogP contribution in [0.15, 0.2) is 42.5 Å². The van der Waals surface area contributed by atoms with Crippen LogP contribution in [0.2, 0.25) is 0 Å². The van der Waals surface area contributed by atoms with Crippen molar-refractivity contribution in [2.24, 2.45) is 0 Å². The summed E-state index contributed by atoms with van der Waals surface area (Å²) >= 11 is 0. The molecular weight excluding hydrogens is 368 g/mol. The van der Waals surface area contributed by atoms with Gasteiger partial charge in [-0.15, -0.1) is 0 Å². The van der Waals surface area contributed by atoms with Crippen LogP contribution in [0.4, 0.5) is 5.69 Å². The Morgan fingerprint density at radius 3 is 2.48 bits per heavy atom. The molecule has 0 radical (unpaired) electrons. The molecule has 1 N–H and O–H groups in total. The number of hydrogen-bond acceptors (Lipinski definition) is 4. The Balaban J connectivity index is 1.98. The first-order valence-electron chi connectivity index (χ1n) is 9.67. The number of likely N-dealkylation sites (N-methyl/N-ethyl adjacent to an activating group) is 1. The van der Waals surface area contributed by atoms with Gasteiger partial charge in [-0.05, 0) is 49.1 Å². The molecule has 0 heterocycles. The van der Waals surface area contributed by atoms with Gasteiger partial charge in [0.15, 0.2) is 6.10 Å². The van der Waals surface area contributed by atoms with E-state index in [1.165, 1.54) is 4.90 Å². The van der Waals surface area contributed by atoms with Crippen LogP contribution in [0.5, 0.6) is 11.5 Å². The van der Waals surface area contributed by atoms with E-state index in [1.807, 2.05) is 25.1 Å². The fourth-order valence-corrected chi connectivity index (χ4v) is 2.97. The molecular formula is C23H30N2O4. The molecule has 6 nitrogen and oxygen atoms in total. The molecule has 0 fully saturated rings. The number of anilines is 1. The maximum Gasteiger partial charge on any atom is 0.263 e. The molecule has 0 aliphatic carbocycles. The van der Waals surface area contributed by atoms with E-state index in [-0.39, 0.29) is 24.3 Å². The predicted octanol–water partition coefficient (Wildman–Crippen LogP) is 3.99. The van der Waals surface area contributed by atoms with Crippen molar-refractivity contribution in [3.05, 3.63) is 53.6 Å². The third-order valence-corrected chi connectivity index (χ3v) is 4.55. The van der Waals surface area contributed by atoms with Crippen LogP contribution in [0.25, 0.3) is 0 Å². The number of ether oxygens (including phenoxy) is 2. The summed E-state index contributed by atoms with van der Waals surface area (Å²) in [6.07, 6.45) is -0.705. The van der Waals surface area contributed by atoms with Crippen molar-refractivity contribution >= 4 is 17.5 Å². The van der Waals surface area contributed by atoms with Gasteiger partial charge in [0.05, 0.1) is 13.7 Å². The van der Waals surface area contributed by atoms with Crippen molar-refractivity contribution < 1.29 is 19.1 Å². The fourth-order valence-electron chi connectivity index (χ4n) is 2.97. The van der Waals surface area contributed by atoms with Crippen LogP contribution in [-0.4, -0.2) is 43.5 Å². The van der Waals surface area contributed by atoms with E-state index >= 15 is 0 Å². The summed E-state index contributed by atoms with van der Waals surface area (Å²) in [5, 5.41) is 2.77. The highest BCUT2D eigenvalue weighted by Crippen LogP contribution is 2.28. The largest absolute Gasteiger partial charge is 0.497 e. The van der Waals surface area contributed by atoms with Gasteiger partial charge in [0.2, 0.25) is 5.91 Å². The Morgan fingerprint density at radius 2 is 1.83 bits per heavy atom. The number of carbonyl (C=O) groups is 2. The lowest BCUT2D eigenvalue weighted by Crippen LogP contribution is -2.42. The van der Waals surface area contributed by atoms with E-state index in [0.29, 0.717) is 17.2 Å². The van der Waals surface area contributed by atoms with Crippen LogP contribution in [0.3, 0.4) is 0 Å². The van der Waals surface area contributed by atoms with Gasteiger partial charge in [0.25, 0.3) is 5.91 Å². The number of rotatable bonds is 8. The monoisotopic (exact) mass is 398 g/mol. The van der Waals surface area contributed by atoms with Gasteiger partial charge in [-0.3, -0.25) is 9.59 Å². The molecule has 0 saturated heterocycles. The molecule has 2 aromatic rings. The number of aryl methyl sites for hydroxylation is 1. The number of amides is 2. The van der Waals surface area contributed by atoms with Gasteiger partial charge >= 0.3 is 0 Å². The number of nitrogens with one attached hydrogen (secondary N) is 1. The van der Waals surface area contributed by atoms with Crippen LogP contribution in [0.1, 0.15) is 37.8 Å². The highest BCUT2D eigenvalue weighted by atomic mass is 16.5. The van der Waals surface area contributed by atoms with Gasteiger partial charge in [-0.25, -0.2) is 0 Å². The van der Waals surface area contributed by atoms with E-state index in [9.17, 15) is 9.59 Å². The van der Waals surface area contributed by atoms with E-state index in [0.717, 1.165) is 11.1 Å². The molecule has 2 rings (SSSR count). The minimum Gasteiger partial charge on any atom is -0.497 e. The number of nitrogens with zero attached hydrogens (tertiary/aromatic N) is 1. The molecule has 6 heteroatoms. The average Bonchev–Trinajstić information content (AvgIpc) is 2.67. The first-order valence-corrected chi connectivity index (χ1v) is 9.67. The molecule has 156 valence electrons. The van der Waals surface area contributed by atoms with Crippen LogP contribution in [0, 0.1) is 6.92 Å². The Morgan fingerprint density at radius 1 is 1.10 bits per heavy atom. The van der Waals surface area contributed by atoms with Gasteiger partial charge in [-0.1, -0.05) is 32.0 Å². The molecule has 0 bridgehead atoms. The molecule has 0 aliphatic heterocycles. The number of benzene rings is 2. The van der Waals surface area contributed by atoms with Crippen LogP contribution < -0.4 is 14.8 Å². The van der Waals surface area contributed by atoms with Crippen molar-refractivity contribution in [2.75, 3.05) is 26.0 Å². The first-order chi connectivity index (χ1) is 13.7. The first kappa shape index (κ1) is 22.3. The second-order valence-corrected chi connectivity index (χ2v) is 7.43. The topological polar surface area (TPSA) is 67.9 Å². The number of methoxy groups -OCH3 is 1. The van der Waals surface area contributed by atoms with Crippen molar-refractivity contribution in [2.45, 2.75) is 39.7 Å². The summed E-state index contributed by atoms with van der Waals surface area (Å²) in [5.41, 5.74) is 2.73. The summed E-state index contributed by atoms with van der Waals surface area (Å²) in [4.78, 5) is 26.4. The van der Waals surface area contributed by atoms with Crippen LogP contribution in [-0.2, 0) is 9.59 Å². The molecule has 0 saturated carbocycles. The fraction of sp³-hybridized carbons (Fsp3) is 0.391. The van der Waals surface area contributed by atoms with Gasteiger partial charge in [0.1, 0.15) is 11.5 Å². The third kappa shape index (κ3) is 6.24. The molecule has 0 spiro atoms. The SMILES string of the molecule is COc1cccc(NC(=O)CN(C)C(=O)C(C)Oc2cc(C)ccc2C(C)C)c1. The Bertz CT molecular complexity index is 864. The second kappa shape index (κ2) is 9.96. The van der Waals surface area contributed by atoms with Crippen molar-refractivity contribution in [3.8, 4) is 11.5 Å². The number of carbonyl (C=O) groups excluding carboxylic acids is 2. The molecule has 1 unspecified atom stereocenters. The smallest absolute Gasteiger partial charge is 0.263 e. The highest BCUT2D eigenvalue weighted by molar-refractivity contribution is 5.95. The van der Waals surface area contributed by atoms with Gasteiger partial charge < -0.3 is 19.7 Å². The normalized spacial score (nSPS) is 11.7. The Labute approximate surface area is 172 Å². The summed E-state index contributed by atoms with van der Waals surface area (Å²) < 4.78 is 11.1. The molecule has 1 atom stereocenters. The average molecular weight is 399 g/mol. The van der Waals surface area contributed by atoms with Gasteiger partial charge in [-0.2, -0.15) is 0 Å². The summed E-state index contributed by atoms with van der Waals surface area (Å²) in [6.45, 7) is 7.77. The number of hydrogen-bond donors (Lipinski definition) is 1.